The predicted octanol–water partition coefficient (Wildman–Crippen LogP) is 2.77. The minimum atomic E-state index is 0.103. The SMILES string of the molecule is NNC(CCc1ccncc1)c1cccc2ncccc12. The summed E-state index contributed by atoms with van der Waals surface area (Å²) in [5.74, 6) is 5.78. The van der Waals surface area contributed by atoms with Crippen molar-refractivity contribution >= 4 is 10.9 Å². The van der Waals surface area contributed by atoms with Crippen molar-refractivity contribution in [2.75, 3.05) is 0 Å². The zero-order chi connectivity index (χ0) is 14.5. The molecule has 2 heterocycles. The Bertz CT molecular complexity index is 707. The highest BCUT2D eigenvalue weighted by molar-refractivity contribution is 5.82. The monoisotopic (exact) mass is 278 g/mol. The Morgan fingerprint density at radius 1 is 1.00 bits per heavy atom. The van der Waals surface area contributed by atoms with Crippen LogP contribution in [-0.4, -0.2) is 9.97 Å². The van der Waals surface area contributed by atoms with E-state index in [4.69, 9.17) is 5.84 Å². The number of pyridine rings is 2. The van der Waals surface area contributed by atoms with E-state index in [2.05, 4.69) is 27.5 Å². The van der Waals surface area contributed by atoms with Gasteiger partial charge in [-0.15, -0.1) is 0 Å². The number of nitrogens with one attached hydrogen (secondary N) is 1. The third-order valence-corrected chi connectivity index (χ3v) is 3.73. The number of nitrogens with two attached hydrogens (primary N) is 1. The summed E-state index contributed by atoms with van der Waals surface area (Å²) in [5, 5.41) is 1.15. The minimum Gasteiger partial charge on any atom is -0.271 e. The molecule has 1 atom stereocenters. The van der Waals surface area contributed by atoms with Crippen LogP contribution in [0.4, 0.5) is 0 Å². The van der Waals surface area contributed by atoms with Crippen LogP contribution in [0.3, 0.4) is 0 Å². The molecular weight excluding hydrogens is 260 g/mol. The Kier molecular flexibility index (Phi) is 4.19. The number of benzene rings is 1. The molecule has 0 aliphatic carbocycles. The molecule has 0 saturated heterocycles. The maximum Gasteiger partial charge on any atom is 0.0705 e. The number of nitrogens with zero attached hydrogens (tertiary/aromatic N) is 2. The van der Waals surface area contributed by atoms with Crippen LogP contribution in [0.5, 0.6) is 0 Å². The van der Waals surface area contributed by atoms with E-state index in [-0.39, 0.29) is 6.04 Å². The molecule has 0 fully saturated rings. The van der Waals surface area contributed by atoms with Gasteiger partial charge in [0.1, 0.15) is 0 Å². The van der Waals surface area contributed by atoms with Gasteiger partial charge in [0.15, 0.2) is 0 Å². The number of fused-ring (bicyclic) bond motifs is 1. The van der Waals surface area contributed by atoms with Gasteiger partial charge in [-0.1, -0.05) is 18.2 Å². The maximum absolute atomic E-state index is 5.78. The van der Waals surface area contributed by atoms with Crippen LogP contribution >= 0.6 is 0 Å². The van der Waals surface area contributed by atoms with Crippen LogP contribution in [0.1, 0.15) is 23.6 Å². The second-order valence-electron chi connectivity index (χ2n) is 5.03. The molecule has 21 heavy (non-hydrogen) atoms. The van der Waals surface area contributed by atoms with Crippen LogP contribution in [-0.2, 0) is 6.42 Å². The summed E-state index contributed by atoms with van der Waals surface area (Å²) < 4.78 is 0. The molecule has 3 rings (SSSR count). The van der Waals surface area contributed by atoms with Gasteiger partial charge in [-0.05, 0) is 48.2 Å². The second kappa shape index (κ2) is 6.43. The van der Waals surface area contributed by atoms with Gasteiger partial charge in [0.25, 0.3) is 0 Å². The maximum atomic E-state index is 5.78. The number of hydrazine groups is 1. The Labute approximate surface area is 124 Å². The molecular formula is C17H18N4. The Hall–Kier alpha value is -2.30. The van der Waals surface area contributed by atoms with E-state index in [0.29, 0.717) is 0 Å². The molecule has 1 unspecified atom stereocenters. The second-order valence-corrected chi connectivity index (χ2v) is 5.03. The fourth-order valence-corrected chi connectivity index (χ4v) is 2.62. The molecule has 0 saturated carbocycles. The fourth-order valence-electron chi connectivity index (χ4n) is 2.62. The molecule has 0 aliphatic heterocycles. The van der Waals surface area contributed by atoms with Crippen LogP contribution in [0.25, 0.3) is 10.9 Å². The zero-order valence-electron chi connectivity index (χ0n) is 11.7. The first-order valence-electron chi connectivity index (χ1n) is 7.07. The van der Waals surface area contributed by atoms with Crippen LogP contribution in [0.15, 0.2) is 61.1 Å². The lowest BCUT2D eigenvalue weighted by Gasteiger charge is -2.18. The van der Waals surface area contributed by atoms with Crippen LogP contribution < -0.4 is 11.3 Å². The van der Waals surface area contributed by atoms with E-state index in [1.54, 1.807) is 0 Å². The smallest absolute Gasteiger partial charge is 0.0705 e. The first kappa shape index (κ1) is 13.7. The standard InChI is InChI=1S/C17H18N4/c18-21-17(7-6-13-8-11-19-12-9-13)15-3-1-5-16-14(15)4-2-10-20-16/h1-5,8-12,17,21H,6-7,18H2. The van der Waals surface area contributed by atoms with Crippen LogP contribution in [0, 0.1) is 0 Å². The summed E-state index contributed by atoms with van der Waals surface area (Å²) in [6, 6.07) is 14.4. The lowest BCUT2D eigenvalue weighted by Crippen LogP contribution is -2.28. The Morgan fingerprint density at radius 3 is 2.67 bits per heavy atom. The highest BCUT2D eigenvalue weighted by atomic mass is 15.2. The van der Waals surface area contributed by atoms with Crippen LogP contribution in [0.2, 0.25) is 0 Å². The fraction of sp³-hybridized carbons (Fsp3) is 0.176. The molecule has 0 radical (unpaired) electrons. The van der Waals surface area contributed by atoms with E-state index >= 15 is 0 Å². The number of rotatable bonds is 5. The number of hydrogen-bond donors (Lipinski definition) is 2. The largest absolute Gasteiger partial charge is 0.271 e. The van der Waals surface area contributed by atoms with Crippen molar-refractivity contribution in [2.24, 2.45) is 5.84 Å². The number of aromatic nitrogens is 2. The zero-order valence-corrected chi connectivity index (χ0v) is 11.7. The number of hydrogen-bond acceptors (Lipinski definition) is 4. The average molecular weight is 278 g/mol. The first-order valence-corrected chi connectivity index (χ1v) is 7.07. The first-order chi connectivity index (χ1) is 10.4. The highest BCUT2D eigenvalue weighted by Gasteiger charge is 2.13. The Morgan fingerprint density at radius 2 is 1.86 bits per heavy atom. The molecule has 4 nitrogen and oxygen atoms in total. The van der Waals surface area contributed by atoms with E-state index < -0.39 is 0 Å². The van der Waals surface area contributed by atoms with Crippen molar-refractivity contribution in [3.8, 4) is 0 Å². The molecule has 4 heteroatoms. The van der Waals surface area contributed by atoms with Crippen molar-refractivity contribution in [3.63, 3.8) is 0 Å². The van der Waals surface area contributed by atoms with Crippen molar-refractivity contribution in [2.45, 2.75) is 18.9 Å². The van der Waals surface area contributed by atoms with Gasteiger partial charge in [-0.2, -0.15) is 0 Å². The van der Waals surface area contributed by atoms with Crippen molar-refractivity contribution in [1.82, 2.24) is 15.4 Å². The third kappa shape index (κ3) is 3.07. The summed E-state index contributed by atoms with van der Waals surface area (Å²) in [4.78, 5) is 8.44. The normalized spacial score (nSPS) is 12.4. The predicted molar refractivity (Wildman–Crippen MR) is 84.4 cm³/mol. The topological polar surface area (TPSA) is 63.8 Å². The van der Waals surface area contributed by atoms with E-state index in [0.717, 1.165) is 23.7 Å². The summed E-state index contributed by atoms with van der Waals surface area (Å²) in [5.41, 5.74) is 6.40. The van der Waals surface area contributed by atoms with Crippen molar-refractivity contribution in [1.29, 1.82) is 0 Å². The molecule has 0 amide bonds. The molecule has 0 aliphatic rings. The molecule has 3 N–H and O–H groups in total. The molecule has 106 valence electrons. The molecule has 0 bridgehead atoms. The minimum absolute atomic E-state index is 0.103. The average Bonchev–Trinajstić information content (AvgIpc) is 2.56. The molecule has 3 aromatic rings. The van der Waals surface area contributed by atoms with Gasteiger partial charge in [-0.25, -0.2) is 0 Å². The van der Waals surface area contributed by atoms with E-state index in [9.17, 15) is 0 Å². The van der Waals surface area contributed by atoms with Gasteiger partial charge in [0, 0.05) is 30.0 Å². The van der Waals surface area contributed by atoms with E-state index in [1.165, 1.54) is 11.1 Å². The lowest BCUT2D eigenvalue weighted by molar-refractivity contribution is 0.519. The molecule has 0 spiro atoms. The summed E-state index contributed by atoms with van der Waals surface area (Å²) in [6.45, 7) is 0. The highest BCUT2D eigenvalue weighted by Crippen LogP contribution is 2.25. The van der Waals surface area contributed by atoms with Crippen molar-refractivity contribution < 1.29 is 0 Å². The van der Waals surface area contributed by atoms with Gasteiger partial charge in [0.2, 0.25) is 0 Å². The summed E-state index contributed by atoms with van der Waals surface area (Å²) in [6.07, 6.45) is 7.33. The van der Waals surface area contributed by atoms with Gasteiger partial charge in [0.05, 0.1) is 5.52 Å². The van der Waals surface area contributed by atoms with Crippen molar-refractivity contribution in [3.05, 3.63) is 72.2 Å². The quantitative estimate of drug-likeness (QED) is 0.556. The Balaban J connectivity index is 1.85. The number of aryl methyl sites for hydroxylation is 1. The van der Waals surface area contributed by atoms with E-state index in [1.807, 2.05) is 48.9 Å². The van der Waals surface area contributed by atoms with Gasteiger partial charge >= 0.3 is 0 Å². The summed E-state index contributed by atoms with van der Waals surface area (Å²) in [7, 11) is 0. The molecule has 1 aromatic carbocycles. The lowest BCUT2D eigenvalue weighted by atomic mass is 9.96. The summed E-state index contributed by atoms with van der Waals surface area (Å²) >= 11 is 0. The third-order valence-electron chi connectivity index (χ3n) is 3.73. The van der Waals surface area contributed by atoms with Gasteiger partial charge < -0.3 is 0 Å². The molecule has 2 aromatic heterocycles. The van der Waals surface area contributed by atoms with Gasteiger partial charge in [-0.3, -0.25) is 21.2 Å².